The van der Waals surface area contributed by atoms with Gasteiger partial charge in [-0.25, -0.2) is 9.48 Å². The molecule has 0 unspecified atom stereocenters. The van der Waals surface area contributed by atoms with Crippen molar-refractivity contribution in [1.82, 2.24) is 14.7 Å². The molecule has 0 bridgehead atoms. The summed E-state index contributed by atoms with van der Waals surface area (Å²) >= 11 is 9.32. The largest absolute Gasteiger partial charge is 0.476 e. The third-order valence-corrected chi connectivity index (χ3v) is 5.73. The van der Waals surface area contributed by atoms with Gasteiger partial charge >= 0.3 is 5.97 Å². The van der Waals surface area contributed by atoms with Crippen LogP contribution in [0.25, 0.3) is 5.69 Å². The van der Waals surface area contributed by atoms with E-state index in [4.69, 9.17) is 11.6 Å². The number of carboxylic acid groups (broad SMARTS) is 1. The number of carbonyl (C=O) groups excluding carboxylic acids is 1. The highest BCUT2D eigenvalue weighted by Gasteiger charge is 2.36. The Morgan fingerprint density at radius 3 is 2.54 bits per heavy atom. The fraction of sp³-hybridized carbons (Fsp3) is 0.389. The Hall–Kier alpha value is -1.86. The van der Waals surface area contributed by atoms with Crippen LogP contribution in [0, 0.1) is 5.41 Å². The molecule has 138 valence electrons. The molecule has 8 heteroatoms. The molecule has 1 aromatic carbocycles. The number of fused-ring (bicyclic) bond motifs is 1. The van der Waals surface area contributed by atoms with E-state index in [1.54, 1.807) is 23.4 Å². The first kappa shape index (κ1) is 18.9. The number of aromatic carboxylic acids is 1. The van der Waals surface area contributed by atoms with E-state index >= 15 is 0 Å². The van der Waals surface area contributed by atoms with Crippen molar-refractivity contribution in [3.8, 4) is 5.69 Å². The SMILES string of the molecule is CC(C)(CCl)C(=O)N1CCc2c(c(C(=O)O)nn2-c2ccc(Br)cc2)C1. The van der Waals surface area contributed by atoms with Gasteiger partial charge in [0.25, 0.3) is 0 Å². The molecule has 0 saturated carbocycles. The van der Waals surface area contributed by atoms with Gasteiger partial charge in [-0.3, -0.25) is 4.79 Å². The quantitative estimate of drug-likeness (QED) is 0.739. The summed E-state index contributed by atoms with van der Waals surface area (Å²) in [4.78, 5) is 26.1. The van der Waals surface area contributed by atoms with Gasteiger partial charge in [0.15, 0.2) is 5.69 Å². The van der Waals surface area contributed by atoms with Crippen molar-refractivity contribution < 1.29 is 14.7 Å². The number of alkyl halides is 1. The first-order valence-corrected chi connectivity index (χ1v) is 9.52. The Balaban J connectivity index is 2.01. The molecule has 0 atom stereocenters. The Bertz CT molecular complexity index is 861. The second-order valence-corrected chi connectivity index (χ2v) is 8.14. The topological polar surface area (TPSA) is 75.4 Å². The first-order chi connectivity index (χ1) is 12.2. The zero-order valence-electron chi connectivity index (χ0n) is 14.5. The summed E-state index contributed by atoms with van der Waals surface area (Å²) in [5.41, 5.74) is 1.51. The molecule has 1 aromatic heterocycles. The van der Waals surface area contributed by atoms with E-state index in [9.17, 15) is 14.7 Å². The molecular weight excluding hydrogens is 422 g/mol. The Morgan fingerprint density at radius 2 is 1.96 bits per heavy atom. The average Bonchev–Trinajstić information content (AvgIpc) is 3.00. The van der Waals surface area contributed by atoms with Gasteiger partial charge in [-0.2, -0.15) is 5.10 Å². The molecule has 0 spiro atoms. The molecule has 26 heavy (non-hydrogen) atoms. The molecule has 1 amide bonds. The number of carboxylic acids is 1. The Kier molecular flexibility index (Phi) is 5.12. The van der Waals surface area contributed by atoms with Gasteiger partial charge in [-0.05, 0) is 38.1 Å². The maximum atomic E-state index is 12.7. The number of hydrogen-bond acceptors (Lipinski definition) is 3. The van der Waals surface area contributed by atoms with Gasteiger partial charge < -0.3 is 10.0 Å². The fourth-order valence-corrected chi connectivity index (χ4v) is 3.42. The molecule has 0 saturated heterocycles. The van der Waals surface area contributed by atoms with Crippen LogP contribution in [0.3, 0.4) is 0 Å². The molecule has 0 fully saturated rings. The number of rotatable bonds is 4. The lowest BCUT2D eigenvalue weighted by molar-refractivity contribution is -0.140. The average molecular weight is 441 g/mol. The van der Waals surface area contributed by atoms with Crippen molar-refractivity contribution in [3.63, 3.8) is 0 Å². The lowest BCUT2D eigenvalue weighted by Crippen LogP contribution is -2.44. The highest BCUT2D eigenvalue weighted by Crippen LogP contribution is 2.29. The smallest absolute Gasteiger partial charge is 0.356 e. The van der Waals surface area contributed by atoms with Crippen molar-refractivity contribution in [2.75, 3.05) is 12.4 Å². The minimum atomic E-state index is -1.09. The van der Waals surface area contributed by atoms with Crippen LogP contribution in [0.2, 0.25) is 0 Å². The van der Waals surface area contributed by atoms with Gasteiger partial charge in [0.2, 0.25) is 5.91 Å². The molecule has 0 radical (unpaired) electrons. The number of carbonyl (C=O) groups is 2. The molecule has 1 aliphatic heterocycles. The van der Waals surface area contributed by atoms with Crippen molar-refractivity contribution in [3.05, 3.63) is 45.7 Å². The molecule has 3 rings (SSSR count). The third kappa shape index (κ3) is 3.38. The predicted octanol–water partition coefficient (Wildman–Crippen LogP) is 3.48. The van der Waals surface area contributed by atoms with Crippen LogP contribution >= 0.6 is 27.5 Å². The number of hydrogen-bond donors (Lipinski definition) is 1. The van der Waals surface area contributed by atoms with Crippen LogP contribution in [0.15, 0.2) is 28.7 Å². The van der Waals surface area contributed by atoms with E-state index in [-0.39, 0.29) is 24.0 Å². The summed E-state index contributed by atoms with van der Waals surface area (Å²) in [6, 6.07) is 7.51. The minimum absolute atomic E-state index is 0.0101. The van der Waals surface area contributed by atoms with E-state index in [1.807, 2.05) is 24.3 Å². The monoisotopic (exact) mass is 439 g/mol. The second-order valence-electron chi connectivity index (χ2n) is 6.96. The molecule has 0 aliphatic carbocycles. The van der Waals surface area contributed by atoms with E-state index in [0.29, 0.717) is 18.5 Å². The van der Waals surface area contributed by atoms with Crippen LogP contribution in [-0.4, -0.2) is 44.1 Å². The van der Waals surface area contributed by atoms with Crippen molar-refractivity contribution in [2.24, 2.45) is 5.41 Å². The standard InChI is InChI=1S/C18H19BrClN3O3/c1-18(2,10-20)17(26)22-8-7-14-13(9-22)15(16(24)25)21-23(14)12-5-3-11(19)4-6-12/h3-6H,7-10H2,1-2H3,(H,24,25). The van der Waals surface area contributed by atoms with E-state index in [0.717, 1.165) is 15.9 Å². The zero-order chi connectivity index (χ0) is 19.1. The Labute approximate surface area is 164 Å². The van der Waals surface area contributed by atoms with Crippen LogP contribution in [0.5, 0.6) is 0 Å². The number of benzene rings is 1. The molecule has 2 heterocycles. The number of aromatic nitrogens is 2. The fourth-order valence-electron chi connectivity index (χ4n) is 3.05. The summed E-state index contributed by atoms with van der Waals surface area (Å²) in [6.45, 7) is 4.32. The second kappa shape index (κ2) is 7.04. The van der Waals surface area contributed by atoms with Crippen molar-refractivity contribution in [2.45, 2.75) is 26.8 Å². The predicted molar refractivity (Wildman–Crippen MR) is 102 cm³/mol. The number of amides is 1. The highest BCUT2D eigenvalue weighted by atomic mass is 79.9. The lowest BCUT2D eigenvalue weighted by atomic mass is 9.92. The van der Waals surface area contributed by atoms with Gasteiger partial charge in [0, 0.05) is 35.4 Å². The van der Waals surface area contributed by atoms with Gasteiger partial charge in [0.1, 0.15) is 0 Å². The molecule has 1 aliphatic rings. The van der Waals surface area contributed by atoms with E-state index < -0.39 is 11.4 Å². The minimum Gasteiger partial charge on any atom is -0.476 e. The van der Waals surface area contributed by atoms with Gasteiger partial charge in [-0.15, -0.1) is 11.6 Å². The summed E-state index contributed by atoms with van der Waals surface area (Å²) in [5.74, 6) is -0.965. The van der Waals surface area contributed by atoms with Crippen molar-refractivity contribution >= 4 is 39.4 Å². The van der Waals surface area contributed by atoms with E-state index in [1.165, 1.54) is 0 Å². The summed E-state index contributed by atoms with van der Waals surface area (Å²) in [7, 11) is 0. The number of halogens is 2. The first-order valence-electron chi connectivity index (χ1n) is 8.20. The molecule has 2 aromatic rings. The lowest BCUT2D eigenvalue weighted by Gasteiger charge is -2.33. The molecular formula is C18H19BrClN3O3. The van der Waals surface area contributed by atoms with Crippen LogP contribution < -0.4 is 0 Å². The maximum Gasteiger partial charge on any atom is 0.356 e. The highest BCUT2D eigenvalue weighted by molar-refractivity contribution is 9.10. The summed E-state index contributed by atoms with van der Waals surface area (Å²) in [6.07, 6.45) is 0.537. The van der Waals surface area contributed by atoms with Crippen LogP contribution in [0.4, 0.5) is 0 Å². The maximum absolute atomic E-state index is 12.7. The van der Waals surface area contributed by atoms with Crippen molar-refractivity contribution in [1.29, 1.82) is 0 Å². The van der Waals surface area contributed by atoms with Gasteiger partial charge in [0.05, 0.1) is 16.8 Å². The third-order valence-electron chi connectivity index (χ3n) is 4.53. The van der Waals surface area contributed by atoms with Crippen LogP contribution in [0.1, 0.15) is 35.6 Å². The van der Waals surface area contributed by atoms with Gasteiger partial charge in [-0.1, -0.05) is 15.9 Å². The molecule has 6 nitrogen and oxygen atoms in total. The summed E-state index contributed by atoms with van der Waals surface area (Å²) in [5, 5.41) is 13.9. The number of nitrogens with zero attached hydrogens (tertiary/aromatic N) is 3. The summed E-state index contributed by atoms with van der Waals surface area (Å²) < 4.78 is 2.60. The molecule has 1 N–H and O–H groups in total. The van der Waals surface area contributed by atoms with E-state index in [2.05, 4.69) is 21.0 Å². The Morgan fingerprint density at radius 1 is 1.31 bits per heavy atom. The zero-order valence-corrected chi connectivity index (χ0v) is 16.8. The van der Waals surface area contributed by atoms with Crippen LogP contribution in [-0.2, 0) is 17.8 Å². The normalized spacial score (nSPS) is 14.2.